The van der Waals surface area contributed by atoms with Crippen molar-refractivity contribution in [3.05, 3.63) is 76.0 Å². The Kier molecular flexibility index (Phi) is 14.9. The van der Waals surface area contributed by atoms with Crippen molar-refractivity contribution in [2.45, 2.75) is 55.4 Å². The van der Waals surface area contributed by atoms with Gasteiger partial charge < -0.3 is 11.8 Å². The van der Waals surface area contributed by atoms with E-state index < -0.39 is 0 Å². The van der Waals surface area contributed by atoms with Crippen molar-refractivity contribution in [1.82, 2.24) is 0 Å². The summed E-state index contributed by atoms with van der Waals surface area (Å²) < 4.78 is 0. The van der Waals surface area contributed by atoms with Crippen LogP contribution in [0.3, 0.4) is 0 Å². The zero-order chi connectivity index (χ0) is 17.2. The van der Waals surface area contributed by atoms with Crippen molar-refractivity contribution < 1.29 is 25.8 Å². The topological polar surface area (TPSA) is 0 Å². The molecule has 0 aromatic heterocycles. The fourth-order valence-corrected chi connectivity index (χ4v) is 1.89. The van der Waals surface area contributed by atoms with Crippen molar-refractivity contribution >= 4 is 0 Å². The Morgan fingerprint density at radius 1 is 0.435 bits per heavy atom. The fourth-order valence-electron chi connectivity index (χ4n) is 1.89. The Labute approximate surface area is 167 Å². The molecule has 0 spiro atoms. The summed E-state index contributed by atoms with van der Waals surface area (Å²) in [7, 11) is 0. The molecule has 2 saturated carbocycles. The van der Waals surface area contributed by atoms with E-state index in [1.165, 1.54) is 11.8 Å². The SMILES string of the molecule is C[C-](C)C(C)(C)C(C)(C)[C-](C)C.[CH]1[CH][CH][CH][CH]1.[CH]1[CH][CH][CH][CH]1.[Hf]. The Balaban J connectivity index is 0. The van der Waals surface area contributed by atoms with Crippen molar-refractivity contribution in [1.29, 1.82) is 0 Å². The van der Waals surface area contributed by atoms with Gasteiger partial charge in [-0.15, -0.1) is 0 Å². The molecule has 0 N–H and O–H groups in total. The third-order valence-electron chi connectivity index (χ3n) is 5.17. The molecular weight excluding hydrogens is 443 g/mol. The van der Waals surface area contributed by atoms with Crippen LogP contribution in [0.2, 0.25) is 0 Å². The largest absolute Gasteiger partial charge is 0.316 e. The average Bonchev–Trinajstić information content (AvgIpc) is 3.16. The summed E-state index contributed by atoms with van der Waals surface area (Å²) in [5, 5.41) is 0. The van der Waals surface area contributed by atoms with Crippen LogP contribution in [0.1, 0.15) is 55.4 Å². The van der Waals surface area contributed by atoms with Gasteiger partial charge in [-0.25, -0.2) is 0 Å². The van der Waals surface area contributed by atoms with Crippen molar-refractivity contribution in [3.63, 3.8) is 0 Å². The summed E-state index contributed by atoms with van der Waals surface area (Å²) in [6.45, 7) is 18.2. The molecule has 0 aromatic rings. The second-order valence-electron chi connectivity index (χ2n) is 7.17. The average molecular weight is 477 g/mol. The van der Waals surface area contributed by atoms with Gasteiger partial charge in [0.05, 0.1) is 0 Å². The first kappa shape index (κ1) is 26.1. The summed E-state index contributed by atoms with van der Waals surface area (Å²) in [6.07, 6.45) is 20.0. The van der Waals surface area contributed by atoms with E-state index in [9.17, 15) is 0 Å². The van der Waals surface area contributed by atoms with E-state index in [1.807, 2.05) is 64.2 Å². The van der Waals surface area contributed by atoms with Gasteiger partial charge in [0.2, 0.25) is 0 Å². The van der Waals surface area contributed by atoms with Crippen LogP contribution >= 0.6 is 0 Å². The molecule has 0 unspecified atom stereocenters. The number of hydrogen-bond donors (Lipinski definition) is 0. The summed E-state index contributed by atoms with van der Waals surface area (Å²) in [4.78, 5) is 0. The fraction of sp³-hybridized carbons (Fsp3) is 0.455. The van der Waals surface area contributed by atoms with Crippen LogP contribution in [-0.4, -0.2) is 0 Å². The summed E-state index contributed by atoms with van der Waals surface area (Å²) in [5.41, 5.74) is 0.595. The molecule has 0 aromatic carbocycles. The van der Waals surface area contributed by atoms with E-state index in [4.69, 9.17) is 0 Å². The first-order chi connectivity index (χ1) is 10.1. The number of hydrogen-bond acceptors (Lipinski definition) is 0. The Morgan fingerprint density at radius 2 is 0.565 bits per heavy atom. The van der Waals surface area contributed by atoms with Crippen molar-refractivity contribution in [3.8, 4) is 0 Å². The third-order valence-corrected chi connectivity index (χ3v) is 5.17. The van der Waals surface area contributed by atoms with Gasteiger partial charge in [-0.05, 0) is 64.2 Å². The molecule has 0 saturated heterocycles. The minimum atomic E-state index is 0. The Morgan fingerprint density at radius 3 is 0.652 bits per heavy atom. The molecule has 23 heavy (non-hydrogen) atoms. The van der Waals surface area contributed by atoms with Crippen LogP contribution < -0.4 is 0 Å². The minimum Gasteiger partial charge on any atom is -0.316 e. The van der Waals surface area contributed by atoms with Gasteiger partial charge in [0.1, 0.15) is 0 Å². The van der Waals surface area contributed by atoms with E-state index in [1.54, 1.807) is 0 Å². The third kappa shape index (κ3) is 9.81. The number of rotatable bonds is 3. The summed E-state index contributed by atoms with van der Waals surface area (Å²) in [6, 6.07) is 0. The minimum absolute atomic E-state index is 0. The van der Waals surface area contributed by atoms with E-state index in [-0.39, 0.29) is 25.8 Å². The molecule has 128 valence electrons. The maximum atomic E-state index is 2.33. The second-order valence-corrected chi connectivity index (χ2v) is 7.17. The van der Waals surface area contributed by atoms with E-state index in [0.29, 0.717) is 10.8 Å². The second kappa shape index (κ2) is 13.1. The molecule has 2 rings (SSSR count). The maximum absolute atomic E-state index is 2.33. The van der Waals surface area contributed by atoms with E-state index in [2.05, 4.69) is 55.4 Å². The smallest absolute Gasteiger partial charge is 0 e. The van der Waals surface area contributed by atoms with E-state index >= 15 is 0 Å². The molecule has 0 amide bonds. The molecule has 2 aliphatic rings. The zero-order valence-electron chi connectivity index (χ0n) is 16.3. The predicted molar refractivity (Wildman–Crippen MR) is 99.7 cm³/mol. The van der Waals surface area contributed by atoms with E-state index in [0.717, 1.165) is 0 Å². The van der Waals surface area contributed by atoms with Crippen LogP contribution in [0.25, 0.3) is 0 Å². The van der Waals surface area contributed by atoms with Gasteiger partial charge in [0, 0.05) is 25.8 Å². The van der Waals surface area contributed by atoms with Gasteiger partial charge in [-0.1, -0.05) is 27.7 Å². The van der Waals surface area contributed by atoms with Crippen LogP contribution in [-0.2, 0) is 25.8 Å². The molecule has 0 bridgehead atoms. The molecule has 2 fully saturated rings. The van der Waals surface area contributed by atoms with Gasteiger partial charge in [-0.2, -0.15) is 38.5 Å². The van der Waals surface area contributed by atoms with Crippen LogP contribution in [0.5, 0.6) is 0 Å². The molecule has 2 aliphatic carbocycles. The van der Waals surface area contributed by atoms with Gasteiger partial charge >= 0.3 is 0 Å². The van der Waals surface area contributed by atoms with Crippen LogP contribution in [0, 0.1) is 86.9 Å². The first-order valence-electron chi connectivity index (χ1n) is 8.08. The summed E-state index contributed by atoms with van der Waals surface area (Å²) >= 11 is 0. The quantitative estimate of drug-likeness (QED) is 0.331. The molecular formula is C22H34Hf-2. The maximum Gasteiger partial charge on any atom is 0 e. The molecule has 1 heteroatoms. The molecule has 0 heterocycles. The monoisotopic (exact) mass is 478 g/mol. The summed E-state index contributed by atoms with van der Waals surface area (Å²) in [5.74, 6) is 3.02. The standard InChI is InChI=1S/C12H24.2C5H5.Hf/c1-9(2)11(5,6)12(7,8)10(3)4;2*1-2-4-5-3-1;/h1-8H3;2*1-5H;/q-2;;;. The van der Waals surface area contributed by atoms with Gasteiger partial charge in [0.15, 0.2) is 0 Å². The van der Waals surface area contributed by atoms with Crippen LogP contribution in [0.4, 0.5) is 0 Å². The molecule has 0 aliphatic heterocycles. The van der Waals surface area contributed by atoms with Crippen molar-refractivity contribution in [2.24, 2.45) is 10.8 Å². The normalized spacial score (nSPS) is 18.0. The Bertz CT molecular complexity index is 212. The van der Waals surface area contributed by atoms with Crippen LogP contribution in [0.15, 0.2) is 0 Å². The molecule has 0 atom stereocenters. The van der Waals surface area contributed by atoms with Gasteiger partial charge in [0.25, 0.3) is 0 Å². The van der Waals surface area contributed by atoms with Gasteiger partial charge in [-0.3, -0.25) is 0 Å². The first-order valence-corrected chi connectivity index (χ1v) is 8.08. The van der Waals surface area contributed by atoms with Crippen molar-refractivity contribution in [2.75, 3.05) is 0 Å². The Hall–Kier alpha value is 0.870. The molecule has 10 radical (unpaired) electrons. The zero-order valence-corrected chi connectivity index (χ0v) is 19.9. The predicted octanol–water partition coefficient (Wildman–Crippen LogP) is 6.31. The molecule has 0 nitrogen and oxygen atoms in total.